The van der Waals surface area contributed by atoms with Gasteiger partial charge in [-0.15, -0.1) is 11.3 Å². The van der Waals surface area contributed by atoms with E-state index in [2.05, 4.69) is 15.9 Å². The van der Waals surface area contributed by atoms with Crippen LogP contribution in [0.15, 0.2) is 9.85 Å². The van der Waals surface area contributed by atoms with Gasteiger partial charge < -0.3 is 0 Å². The van der Waals surface area contributed by atoms with Crippen LogP contribution >= 0.6 is 27.3 Å². The first-order chi connectivity index (χ1) is 5.68. The maximum atomic E-state index is 11.6. The molecule has 0 N–H and O–H groups in total. The Morgan fingerprint density at radius 1 is 1.67 bits per heavy atom. The number of carbonyl (C=O) groups excluding carboxylic acids is 1. The quantitative estimate of drug-likeness (QED) is 0.729. The van der Waals surface area contributed by atoms with Crippen molar-refractivity contribution in [1.29, 1.82) is 0 Å². The molecule has 1 aromatic rings. The predicted octanol–water partition coefficient (Wildman–Crippen LogP) is 3.41. The van der Waals surface area contributed by atoms with E-state index in [1.807, 2.05) is 13.0 Å². The zero-order valence-corrected chi connectivity index (χ0v) is 9.17. The Morgan fingerprint density at radius 2 is 2.33 bits per heavy atom. The summed E-state index contributed by atoms with van der Waals surface area (Å²) in [6.07, 6.45) is 2.18. The van der Waals surface area contributed by atoms with Gasteiger partial charge in [-0.1, -0.05) is 0 Å². The lowest BCUT2D eigenvalue weighted by molar-refractivity contribution is 0.0971. The van der Waals surface area contributed by atoms with E-state index in [-0.39, 0.29) is 0 Å². The minimum atomic E-state index is 0.341. The number of halogens is 1. The molecule has 1 aromatic heterocycles. The van der Waals surface area contributed by atoms with Gasteiger partial charge in [0.25, 0.3) is 0 Å². The van der Waals surface area contributed by atoms with Gasteiger partial charge in [-0.25, -0.2) is 0 Å². The van der Waals surface area contributed by atoms with E-state index >= 15 is 0 Å². The molecule has 1 aliphatic rings. The zero-order valence-electron chi connectivity index (χ0n) is 6.76. The minimum absolute atomic E-state index is 0.341. The molecule has 1 fully saturated rings. The van der Waals surface area contributed by atoms with Gasteiger partial charge in [0.05, 0.1) is 8.66 Å². The van der Waals surface area contributed by atoms with E-state index < -0.39 is 0 Å². The van der Waals surface area contributed by atoms with Crippen LogP contribution < -0.4 is 0 Å². The molecule has 0 radical (unpaired) electrons. The van der Waals surface area contributed by atoms with Crippen LogP contribution in [0.3, 0.4) is 0 Å². The Balaban J connectivity index is 2.27. The van der Waals surface area contributed by atoms with Crippen molar-refractivity contribution < 1.29 is 4.79 Å². The molecular weight excluding hydrogens is 236 g/mol. The number of thiophene rings is 1. The highest BCUT2D eigenvalue weighted by Crippen LogP contribution is 2.36. The molecule has 0 aromatic carbocycles. The molecule has 0 bridgehead atoms. The average molecular weight is 245 g/mol. The molecule has 64 valence electrons. The summed E-state index contributed by atoms with van der Waals surface area (Å²) in [5, 5.41) is 0. The lowest BCUT2D eigenvalue weighted by atomic mass is 10.2. The van der Waals surface area contributed by atoms with Gasteiger partial charge >= 0.3 is 0 Å². The van der Waals surface area contributed by atoms with Gasteiger partial charge in [0, 0.05) is 5.92 Å². The summed E-state index contributed by atoms with van der Waals surface area (Å²) >= 11 is 4.98. The molecule has 1 aliphatic carbocycles. The largest absolute Gasteiger partial charge is 0.293 e. The maximum absolute atomic E-state index is 11.6. The third kappa shape index (κ3) is 1.48. The molecule has 12 heavy (non-hydrogen) atoms. The van der Waals surface area contributed by atoms with Crippen LogP contribution in [0.2, 0.25) is 0 Å². The van der Waals surface area contributed by atoms with Crippen molar-refractivity contribution in [2.24, 2.45) is 5.92 Å². The third-order valence-electron chi connectivity index (χ3n) is 2.05. The van der Waals surface area contributed by atoms with Crippen molar-refractivity contribution in [3.63, 3.8) is 0 Å². The van der Waals surface area contributed by atoms with Crippen LogP contribution in [0.5, 0.6) is 0 Å². The maximum Gasteiger partial charge on any atom is 0.175 e. The highest BCUT2D eigenvalue weighted by molar-refractivity contribution is 9.11. The number of hydrogen-bond donors (Lipinski definition) is 0. The molecule has 3 heteroatoms. The summed E-state index contributed by atoms with van der Waals surface area (Å²) in [5.41, 5.74) is 1.17. The third-order valence-corrected chi connectivity index (χ3v) is 4.20. The highest BCUT2D eigenvalue weighted by atomic mass is 79.9. The Morgan fingerprint density at radius 3 is 2.75 bits per heavy atom. The number of hydrogen-bond acceptors (Lipinski definition) is 2. The highest BCUT2D eigenvalue weighted by Gasteiger charge is 2.31. The number of ketones is 1. The van der Waals surface area contributed by atoms with Crippen LogP contribution in [0, 0.1) is 12.8 Å². The SMILES string of the molecule is Cc1cc(C(=O)C2CC2)sc1Br. The van der Waals surface area contributed by atoms with Crippen molar-refractivity contribution in [3.8, 4) is 0 Å². The summed E-state index contributed by atoms with van der Waals surface area (Å²) < 4.78 is 1.09. The number of aryl methyl sites for hydroxylation is 1. The van der Waals surface area contributed by atoms with E-state index in [4.69, 9.17) is 0 Å². The van der Waals surface area contributed by atoms with Crippen LogP contribution in [0.1, 0.15) is 28.1 Å². The van der Waals surface area contributed by atoms with Crippen molar-refractivity contribution in [1.82, 2.24) is 0 Å². The van der Waals surface area contributed by atoms with E-state index in [9.17, 15) is 4.79 Å². The second-order valence-corrected chi connectivity index (χ2v) is 5.58. The summed E-state index contributed by atoms with van der Waals surface area (Å²) in [7, 11) is 0. The van der Waals surface area contributed by atoms with E-state index in [0.717, 1.165) is 21.5 Å². The molecule has 0 amide bonds. The smallest absolute Gasteiger partial charge is 0.175 e. The van der Waals surface area contributed by atoms with Crippen LogP contribution in [0.25, 0.3) is 0 Å². The van der Waals surface area contributed by atoms with Crippen molar-refractivity contribution in [2.45, 2.75) is 19.8 Å². The normalized spacial score (nSPS) is 16.5. The zero-order chi connectivity index (χ0) is 8.72. The van der Waals surface area contributed by atoms with Crippen molar-refractivity contribution in [3.05, 3.63) is 20.3 Å². The van der Waals surface area contributed by atoms with E-state index in [0.29, 0.717) is 11.7 Å². The number of carbonyl (C=O) groups is 1. The molecule has 1 saturated carbocycles. The van der Waals surface area contributed by atoms with Crippen LogP contribution in [-0.2, 0) is 0 Å². The van der Waals surface area contributed by atoms with Gasteiger partial charge in [0.2, 0.25) is 0 Å². The molecule has 0 spiro atoms. The first-order valence-electron chi connectivity index (χ1n) is 3.98. The minimum Gasteiger partial charge on any atom is -0.293 e. The topological polar surface area (TPSA) is 17.1 Å². The van der Waals surface area contributed by atoms with Gasteiger partial charge in [0.1, 0.15) is 0 Å². The molecule has 0 atom stereocenters. The Hall–Kier alpha value is -0.150. The monoisotopic (exact) mass is 244 g/mol. The fourth-order valence-electron chi connectivity index (χ4n) is 1.13. The van der Waals surface area contributed by atoms with Gasteiger partial charge in [-0.2, -0.15) is 0 Å². The second-order valence-electron chi connectivity index (χ2n) is 3.21. The molecule has 0 unspecified atom stereocenters. The van der Waals surface area contributed by atoms with E-state index in [1.54, 1.807) is 11.3 Å². The lowest BCUT2D eigenvalue weighted by Crippen LogP contribution is -1.96. The van der Waals surface area contributed by atoms with Crippen LogP contribution in [-0.4, -0.2) is 5.78 Å². The van der Waals surface area contributed by atoms with Gasteiger partial charge in [-0.05, 0) is 47.3 Å². The number of rotatable bonds is 2. The molecule has 0 saturated heterocycles. The standard InChI is InChI=1S/C9H9BrOS/c1-5-4-7(12-9(5)10)8(11)6-2-3-6/h4,6H,2-3H2,1H3. The molecule has 1 nitrogen and oxygen atoms in total. The Kier molecular flexibility index (Phi) is 2.09. The first kappa shape index (κ1) is 8.45. The van der Waals surface area contributed by atoms with Gasteiger partial charge in [-0.3, -0.25) is 4.79 Å². The van der Waals surface area contributed by atoms with E-state index in [1.165, 1.54) is 5.56 Å². The lowest BCUT2D eigenvalue weighted by Gasteiger charge is -1.89. The second kappa shape index (κ2) is 2.96. The summed E-state index contributed by atoms with van der Waals surface area (Å²) in [6.45, 7) is 2.02. The molecule has 1 heterocycles. The fraction of sp³-hybridized carbons (Fsp3) is 0.444. The number of Topliss-reactive ketones (excluding diaryl/α,β-unsaturated/α-hetero) is 1. The fourth-order valence-corrected chi connectivity index (χ4v) is 2.68. The Bertz CT molecular complexity index is 306. The first-order valence-corrected chi connectivity index (χ1v) is 5.59. The Labute approximate surface area is 83.9 Å². The van der Waals surface area contributed by atoms with Crippen LogP contribution in [0.4, 0.5) is 0 Å². The summed E-state index contributed by atoms with van der Waals surface area (Å²) in [5.74, 6) is 0.684. The summed E-state index contributed by atoms with van der Waals surface area (Å²) in [6, 6.07) is 1.98. The molecule has 2 rings (SSSR count). The van der Waals surface area contributed by atoms with Gasteiger partial charge in [0.15, 0.2) is 5.78 Å². The van der Waals surface area contributed by atoms with Crippen molar-refractivity contribution >= 4 is 33.0 Å². The molecular formula is C9H9BrOS. The average Bonchev–Trinajstić information content (AvgIpc) is 2.80. The predicted molar refractivity (Wildman–Crippen MR) is 53.8 cm³/mol. The summed E-state index contributed by atoms with van der Waals surface area (Å²) in [4.78, 5) is 12.5. The van der Waals surface area contributed by atoms with Crippen molar-refractivity contribution in [2.75, 3.05) is 0 Å². The molecule has 0 aliphatic heterocycles.